The number of anilines is 1. The second kappa shape index (κ2) is 6.66. The molecule has 1 aromatic carbocycles. The third-order valence-electron chi connectivity index (χ3n) is 3.35. The van der Waals surface area contributed by atoms with Crippen molar-refractivity contribution in [2.75, 3.05) is 12.4 Å². The number of benzene rings is 1. The zero-order valence-electron chi connectivity index (χ0n) is 13.4. The molecule has 0 amide bonds. The van der Waals surface area contributed by atoms with Crippen LogP contribution < -0.4 is 10.5 Å². The summed E-state index contributed by atoms with van der Waals surface area (Å²) in [5, 5.41) is 7.75. The second-order valence-corrected chi connectivity index (χ2v) is 7.50. The lowest BCUT2D eigenvalue weighted by Gasteiger charge is -2.27. The van der Waals surface area contributed by atoms with E-state index in [4.69, 9.17) is 9.88 Å². The summed E-state index contributed by atoms with van der Waals surface area (Å²) in [6.07, 6.45) is -4.28. The van der Waals surface area contributed by atoms with Gasteiger partial charge in [-0.25, -0.2) is 13.6 Å². The highest BCUT2D eigenvalue weighted by atomic mass is 32.2. The SMILES string of the molecule is COC(C)(C)CC(C)Nc1ccc(S(N)(=O)=O)c(C(F)(F)F)c1. The van der Waals surface area contributed by atoms with Crippen LogP contribution in [0, 0.1) is 0 Å². The molecule has 0 aliphatic rings. The number of halogens is 3. The van der Waals surface area contributed by atoms with Crippen LogP contribution in [0.3, 0.4) is 0 Å². The molecule has 0 aromatic heterocycles. The number of methoxy groups -OCH3 is 1. The predicted molar refractivity (Wildman–Crippen MR) is 81.6 cm³/mol. The minimum Gasteiger partial charge on any atom is -0.382 e. The van der Waals surface area contributed by atoms with Crippen molar-refractivity contribution in [2.45, 2.75) is 49.9 Å². The minimum absolute atomic E-state index is 0.157. The van der Waals surface area contributed by atoms with Gasteiger partial charge in [0.05, 0.1) is 16.1 Å². The average molecular weight is 354 g/mol. The number of sulfonamides is 1. The third-order valence-corrected chi connectivity index (χ3v) is 4.32. The zero-order valence-corrected chi connectivity index (χ0v) is 14.2. The summed E-state index contributed by atoms with van der Waals surface area (Å²) >= 11 is 0. The van der Waals surface area contributed by atoms with Gasteiger partial charge in [-0.3, -0.25) is 0 Å². The molecule has 0 radical (unpaired) electrons. The molecular weight excluding hydrogens is 333 g/mol. The van der Waals surface area contributed by atoms with Crippen LogP contribution >= 0.6 is 0 Å². The normalized spacial score (nSPS) is 14.6. The third kappa shape index (κ3) is 5.67. The van der Waals surface area contributed by atoms with Crippen molar-refractivity contribution in [3.8, 4) is 0 Å². The number of alkyl halides is 3. The molecule has 0 saturated heterocycles. The number of hydrogen-bond donors (Lipinski definition) is 2. The van der Waals surface area contributed by atoms with Crippen molar-refractivity contribution >= 4 is 15.7 Å². The first-order valence-corrected chi connectivity index (χ1v) is 8.36. The number of rotatable bonds is 6. The Morgan fingerprint density at radius 3 is 2.30 bits per heavy atom. The van der Waals surface area contributed by atoms with Crippen molar-refractivity contribution in [1.82, 2.24) is 0 Å². The first kappa shape index (κ1) is 19.7. The van der Waals surface area contributed by atoms with Crippen LogP contribution in [0.5, 0.6) is 0 Å². The molecule has 1 atom stereocenters. The van der Waals surface area contributed by atoms with E-state index in [-0.39, 0.29) is 11.7 Å². The summed E-state index contributed by atoms with van der Waals surface area (Å²) in [5.74, 6) is 0. The van der Waals surface area contributed by atoms with E-state index in [2.05, 4.69) is 5.32 Å². The van der Waals surface area contributed by atoms with E-state index >= 15 is 0 Å². The lowest BCUT2D eigenvalue weighted by Crippen LogP contribution is -2.31. The predicted octanol–water partition coefficient (Wildman–Crippen LogP) is 2.97. The summed E-state index contributed by atoms with van der Waals surface area (Å²) in [4.78, 5) is -0.944. The fourth-order valence-electron chi connectivity index (χ4n) is 2.25. The van der Waals surface area contributed by atoms with Crippen LogP contribution in [0.4, 0.5) is 18.9 Å². The minimum atomic E-state index is -4.82. The van der Waals surface area contributed by atoms with Gasteiger partial charge in [0, 0.05) is 18.8 Å². The highest BCUT2D eigenvalue weighted by molar-refractivity contribution is 7.89. The van der Waals surface area contributed by atoms with Crippen LogP contribution in [-0.4, -0.2) is 27.2 Å². The fourth-order valence-corrected chi connectivity index (χ4v) is 2.98. The Labute approximate surface area is 134 Å². The van der Waals surface area contributed by atoms with Gasteiger partial charge in [0.2, 0.25) is 10.0 Å². The van der Waals surface area contributed by atoms with Gasteiger partial charge in [-0.05, 0) is 45.4 Å². The Morgan fingerprint density at radius 1 is 1.30 bits per heavy atom. The van der Waals surface area contributed by atoms with E-state index in [1.807, 2.05) is 13.8 Å². The molecule has 0 spiro atoms. The number of hydrogen-bond acceptors (Lipinski definition) is 4. The van der Waals surface area contributed by atoms with Crippen LogP contribution in [-0.2, 0) is 20.9 Å². The highest BCUT2D eigenvalue weighted by Crippen LogP contribution is 2.35. The molecular formula is C14H21F3N2O3S. The van der Waals surface area contributed by atoms with Crippen LogP contribution in [0.2, 0.25) is 0 Å². The Bertz CT molecular complexity index is 658. The quantitative estimate of drug-likeness (QED) is 0.823. The molecule has 23 heavy (non-hydrogen) atoms. The molecule has 132 valence electrons. The molecule has 0 aliphatic carbocycles. The van der Waals surface area contributed by atoms with Crippen LogP contribution in [0.15, 0.2) is 23.1 Å². The Kier molecular flexibility index (Phi) is 5.71. The lowest BCUT2D eigenvalue weighted by molar-refractivity contribution is -0.139. The monoisotopic (exact) mass is 354 g/mol. The van der Waals surface area contributed by atoms with Gasteiger partial charge in [0.15, 0.2) is 0 Å². The molecule has 0 aliphatic heterocycles. The first-order chi connectivity index (χ1) is 10.3. The molecule has 9 heteroatoms. The van der Waals surface area contributed by atoms with Gasteiger partial charge in [-0.1, -0.05) is 0 Å². The zero-order chi connectivity index (χ0) is 18.1. The topological polar surface area (TPSA) is 81.4 Å². The summed E-state index contributed by atoms with van der Waals surface area (Å²) in [6, 6.07) is 2.67. The van der Waals surface area contributed by atoms with Crippen molar-refractivity contribution in [3.05, 3.63) is 23.8 Å². The maximum atomic E-state index is 13.1. The molecule has 0 saturated carbocycles. The van der Waals surface area contributed by atoms with Crippen LogP contribution in [0.25, 0.3) is 0 Å². The maximum Gasteiger partial charge on any atom is 0.417 e. The highest BCUT2D eigenvalue weighted by Gasteiger charge is 2.36. The first-order valence-electron chi connectivity index (χ1n) is 6.82. The number of nitrogens with two attached hydrogens (primary N) is 1. The van der Waals surface area contributed by atoms with E-state index in [0.717, 1.165) is 12.1 Å². The maximum absolute atomic E-state index is 13.1. The van der Waals surface area contributed by atoms with Crippen molar-refractivity contribution < 1.29 is 26.3 Å². The molecule has 3 N–H and O–H groups in total. The molecule has 5 nitrogen and oxygen atoms in total. The molecule has 0 bridgehead atoms. The van der Waals surface area contributed by atoms with E-state index in [0.29, 0.717) is 6.42 Å². The number of nitrogens with one attached hydrogen (secondary N) is 1. The van der Waals surface area contributed by atoms with Crippen molar-refractivity contribution in [1.29, 1.82) is 0 Å². The molecule has 1 aromatic rings. The van der Waals surface area contributed by atoms with Gasteiger partial charge >= 0.3 is 6.18 Å². The lowest BCUT2D eigenvalue weighted by atomic mass is 9.99. The smallest absolute Gasteiger partial charge is 0.382 e. The van der Waals surface area contributed by atoms with Gasteiger partial charge in [0.1, 0.15) is 0 Å². The summed E-state index contributed by atoms with van der Waals surface area (Å²) < 4.78 is 67.0. The van der Waals surface area contributed by atoms with E-state index in [1.54, 1.807) is 14.0 Å². The van der Waals surface area contributed by atoms with Crippen LogP contribution in [0.1, 0.15) is 32.8 Å². The molecule has 0 fully saturated rings. The Hall–Kier alpha value is -1.32. The molecule has 1 unspecified atom stereocenters. The van der Waals surface area contributed by atoms with E-state index < -0.39 is 32.3 Å². The fraction of sp³-hybridized carbons (Fsp3) is 0.571. The largest absolute Gasteiger partial charge is 0.417 e. The average Bonchev–Trinajstić information content (AvgIpc) is 2.35. The van der Waals surface area contributed by atoms with Crippen molar-refractivity contribution in [3.63, 3.8) is 0 Å². The number of ether oxygens (including phenoxy) is 1. The number of primary sulfonamides is 1. The molecule has 1 rings (SSSR count). The Morgan fingerprint density at radius 2 is 1.87 bits per heavy atom. The standard InChI is InChI=1S/C14H21F3N2O3S/c1-9(8-13(2,3)22-4)19-10-5-6-12(23(18,20)21)11(7-10)14(15,16)17/h5-7,9,19H,8H2,1-4H3,(H2,18,20,21). The Balaban J connectivity index is 3.12. The van der Waals surface area contributed by atoms with Crippen molar-refractivity contribution in [2.24, 2.45) is 5.14 Å². The van der Waals surface area contributed by atoms with Gasteiger partial charge < -0.3 is 10.1 Å². The van der Waals surface area contributed by atoms with E-state index in [9.17, 15) is 21.6 Å². The van der Waals surface area contributed by atoms with E-state index in [1.165, 1.54) is 6.07 Å². The second-order valence-electron chi connectivity index (χ2n) is 5.97. The van der Waals surface area contributed by atoms with Gasteiger partial charge in [-0.15, -0.1) is 0 Å². The molecule has 0 heterocycles. The summed E-state index contributed by atoms with van der Waals surface area (Å²) in [5.41, 5.74) is -1.58. The van der Waals surface area contributed by atoms with Gasteiger partial charge in [0.25, 0.3) is 0 Å². The summed E-state index contributed by atoms with van der Waals surface area (Å²) in [6.45, 7) is 5.51. The van der Waals surface area contributed by atoms with Gasteiger partial charge in [-0.2, -0.15) is 13.2 Å². The summed E-state index contributed by atoms with van der Waals surface area (Å²) in [7, 11) is -2.91.